The van der Waals surface area contributed by atoms with Gasteiger partial charge in [-0.2, -0.15) is 0 Å². The normalized spacial score (nSPS) is 27.8. The molecule has 0 bridgehead atoms. The number of hydrogen-bond donors (Lipinski definition) is 3. The maximum atomic E-state index is 11.4. The van der Waals surface area contributed by atoms with Crippen molar-refractivity contribution in [3.05, 3.63) is 33.1 Å². The van der Waals surface area contributed by atoms with Crippen molar-refractivity contribution >= 4 is 0 Å². The fourth-order valence-electron chi connectivity index (χ4n) is 1.73. The van der Waals surface area contributed by atoms with Gasteiger partial charge in [-0.05, 0) is 0 Å². The topological polar surface area (TPSA) is 105 Å². The van der Waals surface area contributed by atoms with E-state index in [0.717, 1.165) is 4.57 Å². The van der Waals surface area contributed by atoms with Crippen LogP contribution < -0.4 is 11.2 Å². The summed E-state index contributed by atoms with van der Waals surface area (Å²) >= 11 is 0. The molecule has 0 aromatic carbocycles. The lowest BCUT2D eigenvalue weighted by molar-refractivity contribution is -0.0530. The summed E-state index contributed by atoms with van der Waals surface area (Å²) in [5, 5.41) is 18.5. The van der Waals surface area contributed by atoms with Gasteiger partial charge in [0.15, 0.2) is 6.23 Å². The minimum atomic E-state index is -0.874. The van der Waals surface area contributed by atoms with Crippen molar-refractivity contribution in [3.8, 4) is 0 Å². The third-order valence-electron chi connectivity index (χ3n) is 2.49. The number of aromatic nitrogens is 2. The molecule has 0 radical (unpaired) electrons. The second kappa shape index (κ2) is 5.26. The van der Waals surface area contributed by atoms with Crippen molar-refractivity contribution in [2.75, 3.05) is 6.61 Å². The van der Waals surface area contributed by atoms with Gasteiger partial charge in [-0.3, -0.25) is 14.3 Å². The van der Waals surface area contributed by atoms with Crippen LogP contribution in [0.1, 0.15) is 20.1 Å². The Bertz CT molecular complexity index is 480. The standard InChI is InChI=1S/C9H12N2O5.CH4/c12-4-5-3-6(13)8(16-5)11-2-1-7(14)10-9(11)15;/h1-2,5-6,8,12-13H,3-4H2,(H,10,14,15);1H4/t5-,6-,8+;/m0./s1. The van der Waals surface area contributed by atoms with Gasteiger partial charge >= 0.3 is 5.69 Å². The summed E-state index contributed by atoms with van der Waals surface area (Å²) in [6, 6.07) is 1.17. The molecule has 3 atom stereocenters. The highest BCUT2D eigenvalue weighted by Crippen LogP contribution is 2.26. The van der Waals surface area contributed by atoms with Gasteiger partial charge in [0, 0.05) is 18.7 Å². The number of nitrogens with one attached hydrogen (secondary N) is 1. The van der Waals surface area contributed by atoms with Gasteiger partial charge in [-0.1, -0.05) is 7.43 Å². The van der Waals surface area contributed by atoms with Crippen LogP contribution in [-0.4, -0.2) is 38.6 Å². The highest BCUT2D eigenvalue weighted by atomic mass is 16.5. The number of aromatic amines is 1. The number of nitrogens with zero attached hydrogens (tertiary/aromatic N) is 1. The van der Waals surface area contributed by atoms with Crippen LogP contribution in [0.3, 0.4) is 0 Å². The third kappa shape index (κ3) is 2.63. The van der Waals surface area contributed by atoms with Crippen molar-refractivity contribution in [2.45, 2.75) is 32.3 Å². The number of aliphatic hydroxyl groups is 2. The summed E-state index contributed by atoms with van der Waals surface area (Å²) in [7, 11) is 0. The zero-order valence-corrected chi connectivity index (χ0v) is 8.37. The number of rotatable bonds is 2. The van der Waals surface area contributed by atoms with E-state index in [1.165, 1.54) is 12.3 Å². The molecule has 0 unspecified atom stereocenters. The van der Waals surface area contributed by atoms with E-state index in [1.54, 1.807) is 0 Å². The van der Waals surface area contributed by atoms with Gasteiger partial charge in [0.1, 0.15) is 6.10 Å². The van der Waals surface area contributed by atoms with E-state index >= 15 is 0 Å². The smallest absolute Gasteiger partial charge is 0.330 e. The Morgan fingerprint density at radius 3 is 2.76 bits per heavy atom. The van der Waals surface area contributed by atoms with Crippen molar-refractivity contribution in [1.29, 1.82) is 0 Å². The molecule has 0 aliphatic carbocycles. The molecule has 17 heavy (non-hydrogen) atoms. The zero-order chi connectivity index (χ0) is 11.7. The van der Waals surface area contributed by atoms with E-state index in [1.807, 2.05) is 0 Å². The molecule has 1 aromatic rings. The van der Waals surface area contributed by atoms with E-state index in [-0.39, 0.29) is 20.5 Å². The zero-order valence-electron chi connectivity index (χ0n) is 8.37. The third-order valence-corrected chi connectivity index (χ3v) is 2.49. The largest absolute Gasteiger partial charge is 0.394 e. The molecule has 2 heterocycles. The first kappa shape index (κ1) is 13.6. The Morgan fingerprint density at radius 2 is 2.24 bits per heavy atom. The predicted octanol–water partition coefficient (Wildman–Crippen LogP) is -1.19. The summed E-state index contributed by atoms with van der Waals surface area (Å²) in [4.78, 5) is 24.3. The van der Waals surface area contributed by atoms with Crippen molar-refractivity contribution < 1.29 is 14.9 Å². The summed E-state index contributed by atoms with van der Waals surface area (Å²) in [5.74, 6) is 0. The Hall–Kier alpha value is -1.44. The molecule has 3 N–H and O–H groups in total. The fourth-order valence-corrected chi connectivity index (χ4v) is 1.73. The summed E-state index contributed by atoms with van der Waals surface area (Å²) in [6.45, 7) is -0.217. The number of ether oxygens (including phenoxy) is 1. The van der Waals surface area contributed by atoms with E-state index in [9.17, 15) is 14.7 Å². The Kier molecular flexibility index (Phi) is 4.22. The molecule has 7 nitrogen and oxygen atoms in total. The second-order valence-electron chi connectivity index (χ2n) is 3.65. The van der Waals surface area contributed by atoms with Crippen molar-refractivity contribution in [2.24, 2.45) is 0 Å². The molecular formula is C10H16N2O5. The Balaban J connectivity index is 0.00000144. The quantitative estimate of drug-likeness (QED) is 0.607. The SMILES string of the molecule is C.O=c1ccn([C@@H]2O[C@H](CO)C[C@@H]2O)c(=O)[nH]1. The Morgan fingerprint density at radius 1 is 1.53 bits per heavy atom. The molecule has 1 saturated heterocycles. The van der Waals surface area contributed by atoms with Crippen LogP contribution in [0.2, 0.25) is 0 Å². The Labute approximate surface area is 97.3 Å². The van der Waals surface area contributed by atoms with Gasteiger partial charge in [0.05, 0.1) is 12.7 Å². The number of hydrogen-bond acceptors (Lipinski definition) is 5. The van der Waals surface area contributed by atoms with Crippen LogP contribution >= 0.6 is 0 Å². The molecule has 2 rings (SSSR count). The molecule has 1 aliphatic rings. The fraction of sp³-hybridized carbons (Fsp3) is 0.600. The van der Waals surface area contributed by atoms with Gasteiger partial charge in [-0.15, -0.1) is 0 Å². The summed E-state index contributed by atoms with van der Waals surface area (Å²) in [6.07, 6.45) is -0.706. The molecule has 0 saturated carbocycles. The average molecular weight is 244 g/mol. The minimum absolute atomic E-state index is 0. The summed E-state index contributed by atoms with van der Waals surface area (Å²) in [5.41, 5.74) is -1.15. The highest BCUT2D eigenvalue weighted by Gasteiger charge is 2.35. The lowest BCUT2D eigenvalue weighted by Crippen LogP contribution is -2.34. The van der Waals surface area contributed by atoms with Crippen LogP contribution in [0.25, 0.3) is 0 Å². The molecule has 1 aliphatic heterocycles. The number of H-pyrrole nitrogens is 1. The highest BCUT2D eigenvalue weighted by molar-refractivity contribution is 4.88. The molecule has 1 aromatic heterocycles. The van der Waals surface area contributed by atoms with Crippen LogP contribution in [0.4, 0.5) is 0 Å². The first-order valence-corrected chi connectivity index (χ1v) is 4.87. The van der Waals surface area contributed by atoms with E-state index in [2.05, 4.69) is 4.98 Å². The average Bonchev–Trinajstić information content (AvgIpc) is 2.60. The molecule has 7 heteroatoms. The molecule has 0 spiro atoms. The number of aliphatic hydroxyl groups excluding tert-OH is 2. The van der Waals surface area contributed by atoms with Gasteiger partial charge in [0.25, 0.3) is 5.56 Å². The van der Waals surface area contributed by atoms with Gasteiger partial charge in [-0.25, -0.2) is 4.79 Å². The predicted molar refractivity (Wildman–Crippen MR) is 59.7 cm³/mol. The maximum absolute atomic E-state index is 11.4. The van der Waals surface area contributed by atoms with Crippen molar-refractivity contribution in [3.63, 3.8) is 0 Å². The van der Waals surface area contributed by atoms with Gasteiger partial charge < -0.3 is 14.9 Å². The lowest BCUT2D eigenvalue weighted by Gasteiger charge is -2.16. The van der Waals surface area contributed by atoms with Crippen molar-refractivity contribution in [1.82, 2.24) is 9.55 Å². The lowest BCUT2D eigenvalue weighted by atomic mass is 10.2. The molecular weight excluding hydrogens is 228 g/mol. The first-order valence-electron chi connectivity index (χ1n) is 4.87. The van der Waals surface area contributed by atoms with E-state index < -0.39 is 29.7 Å². The van der Waals surface area contributed by atoms with Crippen LogP contribution in [0, 0.1) is 0 Å². The first-order chi connectivity index (χ1) is 7.61. The molecule has 96 valence electrons. The minimum Gasteiger partial charge on any atom is -0.394 e. The van der Waals surface area contributed by atoms with E-state index in [4.69, 9.17) is 9.84 Å². The van der Waals surface area contributed by atoms with Crippen LogP contribution in [0.15, 0.2) is 21.9 Å². The molecule has 1 fully saturated rings. The molecule has 0 amide bonds. The summed E-state index contributed by atoms with van der Waals surface area (Å²) < 4.78 is 6.37. The monoisotopic (exact) mass is 244 g/mol. The van der Waals surface area contributed by atoms with E-state index in [0.29, 0.717) is 0 Å². The van der Waals surface area contributed by atoms with Crippen LogP contribution in [0.5, 0.6) is 0 Å². The second-order valence-corrected chi connectivity index (χ2v) is 3.65. The maximum Gasteiger partial charge on any atom is 0.330 e. The van der Waals surface area contributed by atoms with Gasteiger partial charge in [0.2, 0.25) is 0 Å². The van der Waals surface area contributed by atoms with Crippen LogP contribution in [-0.2, 0) is 4.74 Å².